The average Bonchev–Trinajstić information content (AvgIpc) is 3.62. The zero-order valence-electron chi connectivity index (χ0n) is 39.7. The molecule has 4 N–H and O–H groups in total. The van der Waals surface area contributed by atoms with Crippen molar-refractivity contribution in [2.24, 2.45) is 4.99 Å². The predicted molar refractivity (Wildman–Crippen MR) is 249 cm³/mol. The maximum absolute atomic E-state index is 12.0. The first-order chi connectivity index (χ1) is 34.9. The molecule has 1 aliphatic heterocycles. The van der Waals surface area contributed by atoms with Crippen LogP contribution in [0.1, 0.15) is 33.4 Å². The van der Waals surface area contributed by atoms with Crippen LogP contribution in [-0.4, -0.2) is 125 Å². The molecule has 24 heteroatoms. The number of isocyanates is 1. The van der Waals surface area contributed by atoms with Gasteiger partial charge < -0.3 is 59.0 Å². The Labute approximate surface area is 416 Å². The SMILES string of the molecule is COC(=O)Cc1cc(CC(=O)OC)cc(N=C=O)c1.COC(=O)Cc1cc(CC(=O)OC)cc(NC(=O)COCC(=O)O)c1.O=C(NC1C(=O)OC(=O)C1NC(=O)OCc1ccccc1)OCc1ccccc1. The first-order valence-electron chi connectivity index (χ1n) is 21.4. The van der Waals surface area contributed by atoms with Crippen LogP contribution in [0.3, 0.4) is 0 Å². The Morgan fingerprint density at radius 3 is 1.30 bits per heavy atom. The van der Waals surface area contributed by atoms with E-state index in [1.807, 2.05) is 12.1 Å². The van der Waals surface area contributed by atoms with Crippen molar-refractivity contribution >= 4 is 77.3 Å². The van der Waals surface area contributed by atoms with Crippen LogP contribution in [0.2, 0.25) is 0 Å². The molecule has 1 fully saturated rings. The molecule has 1 aliphatic rings. The number of methoxy groups -OCH3 is 4. The number of aliphatic imine (C=N–C) groups is 1. The lowest BCUT2D eigenvalue weighted by Gasteiger charge is -2.16. The Morgan fingerprint density at radius 2 is 0.945 bits per heavy atom. The number of aliphatic carboxylic acids is 1. The molecule has 1 saturated heterocycles. The number of hydrogen-bond donors (Lipinski definition) is 4. The number of esters is 6. The summed E-state index contributed by atoms with van der Waals surface area (Å²) >= 11 is 0. The van der Waals surface area contributed by atoms with Crippen LogP contribution in [0.5, 0.6) is 0 Å². The molecule has 0 spiro atoms. The number of hydrogen-bond acceptors (Lipinski definition) is 20. The van der Waals surface area contributed by atoms with Crippen LogP contribution in [0.15, 0.2) is 102 Å². The first kappa shape index (κ1) is 58.0. The molecule has 386 valence electrons. The predicted octanol–water partition coefficient (Wildman–Crippen LogP) is 2.90. The Hall–Kier alpha value is -9.28. The molecule has 0 radical (unpaired) electrons. The highest BCUT2D eigenvalue weighted by molar-refractivity contribution is 6.03. The Kier molecular flexibility index (Phi) is 24.7. The van der Waals surface area contributed by atoms with E-state index in [0.717, 1.165) is 11.1 Å². The molecular weight excluding hydrogens is 965 g/mol. The van der Waals surface area contributed by atoms with Gasteiger partial charge in [0.15, 0.2) is 12.1 Å². The number of benzene rings is 4. The molecule has 0 saturated carbocycles. The van der Waals surface area contributed by atoms with Gasteiger partial charge in [0.2, 0.25) is 12.0 Å². The van der Waals surface area contributed by atoms with Crippen molar-refractivity contribution in [3.05, 3.63) is 130 Å². The van der Waals surface area contributed by atoms with Gasteiger partial charge >= 0.3 is 54.0 Å². The van der Waals surface area contributed by atoms with E-state index in [9.17, 15) is 52.7 Å². The number of nitrogens with zero attached hydrogens (tertiary/aromatic N) is 1. The zero-order valence-corrected chi connectivity index (χ0v) is 39.7. The largest absolute Gasteiger partial charge is 0.480 e. The van der Waals surface area contributed by atoms with E-state index in [1.54, 1.807) is 84.9 Å². The van der Waals surface area contributed by atoms with Crippen LogP contribution in [-0.2, 0) is 120 Å². The summed E-state index contributed by atoms with van der Waals surface area (Å²) in [6.45, 7) is -1.09. The summed E-state index contributed by atoms with van der Waals surface area (Å²) in [6, 6.07) is 24.5. The van der Waals surface area contributed by atoms with Gasteiger partial charge in [-0.1, -0.05) is 72.8 Å². The smallest absolute Gasteiger partial charge is 0.408 e. The van der Waals surface area contributed by atoms with Crippen molar-refractivity contribution in [2.75, 3.05) is 47.0 Å². The van der Waals surface area contributed by atoms with Gasteiger partial charge in [-0.2, -0.15) is 4.99 Å². The van der Waals surface area contributed by atoms with Crippen LogP contribution in [0, 0.1) is 0 Å². The molecule has 0 aliphatic carbocycles. The Balaban J connectivity index is 0.000000296. The average molecular weight is 1010 g/mol. The highest BCUT2D eigenvalue weighted by Crippen LogP contribution is 2.20. The maximum atomic E-state index is 12.0. The van der Waals surface area contributed by atoms with Gasteiger partial charge in [-0.3, -0.25) is 24.0 Å². The van der Waals surface area contributed by atoms with Crippen molar-refractivity contribution in [1.82, 2.24) is 10.6 Å². The van der Waals surface area contributed by atoms with E-state index in [-0.39, 0.29) is 38.9 Å². The molecule has 0 bridgehead atoms. The van der Waals surface area contributed by atoms with Crippen molar-refractivity contribution in [3.63, 3.8) is 0 Å². The third-order valence-electron chi connectivity index (χ3n) is 9.33. The number of anilines is 1. The molecule has 3 amide bonds. The number of cyclic esters (lactones) is 2. The maximum Gasteiger partial charge on any atom is 0.408 e. The lowest BCUT2D eigenvalue weighted by molar-refractivity contribution is -0.153. The summed E-state index contributed by atoms with van der Waals surface area (Å²) in [5.74, 6) is -5.55. The molecule has 4 aromatic carbocycles. The second-order valence-electron chi connectivity index (χ2n) is 14.8. The number of nitrogens with one attached hydrogen (secondary N) is 3. The normalized spacial score (nSPS) is 13.0. The first-order valence-corrected chi connectivity index (χ1v) is 21.4. The number of alkyl carbamates (subject to hydrolysis) is 2. The van der Waals surface area contributed by atoms with Gasteiger partial charge in [0, 0.05) is 5.69 Å². The van der Waals surface area contributed by atoms with E-state index in [4.69, 9.17) is 19.3 Å². The summed E-state index contributed by atoms with van der Waals surface area (Å²) in [5.41, 5.74) is 4.42. The number of rotatable bonds is 20. The van der Waals surface area contributed by atoms with Gasteiger partial charge in [0.25, 0.3) is 0 Å². The fourth-order valence-electron chi connectivity index (χ4n) is 6.05. The van der Waals surface area contributed by atoms with E-state index in [0.29, 0.717) is 33.6 Å². The lowest BCUT2D eigenvalue weighted by Crippen LogP contribution is -2.53. The van der Waals surface area contributed by atoms with Crippen molar-refractivity contribution in [1.29, 1.82) is 0 Å². The van der Waals surface area contributed by atoms with E-state index in [2.05, 4.69) is 44.6 Å². The van der Waals surface area contributed by atoms with E-state index in [1.165, 1.54) is 34.5 Å². The topological polar surface area (TPSA) is 330 Å². The number of carbonyl (C=O) groups is 10. The van der Waals surface area contributed by atoms with Gasteiger partial charge in [0.1, 0.15) is 26.4 Å². The summed E-state index contributed by atoms with van der Waals surface area (Å²) in [4.78, 5) is 129. The number of amides is 3. The van der Waals surface area contributed by atoms with Crippen LogP contribution >= 0.6 is 0 Å². The fourth-order valence-corrected chi connectivity index (χ4v) is 6.05. The molecular formula is C49H50N4O20. The van der Waals surface area contributed by atoms with E-state index < -0.39 is 85.2 Å². The zero-order chi connectivity index (χ0) is 53.7. The molecule has 0 aromatic heterocycles. The van der Waals surface area contributed by atoms with Gasteiger partial charge in [-0.05, 0) is 57.6 Å². The number of carboxylic acids is 1. The molecule has 4 aromatic rings. The molecule has 2 atom stereocenters. The minimum Gasteiger partial charge on any atom is -0.480 e. The summed E-state index contributed by atoms with van der Waals surface area (Å²) in [6.07, 6.45) is -0.461. The van der Waals surface area contributed by atoms with Crippen LogP contribution in [0.25, 0.3) is 0 Å². The molecule has 2 unspecified atom stereocenters. The van der Waals surface area contributed by atoms with E-state index >= 15 is 0 Å². The van der Waals surface area contributed by atoms with Crippen molar-refractivity contribution < 1.29 is 95.7 Å². The molecule has 24 nitrogen and oxygen atoms in total. The monoisotopic (exact) mass is 1010 g/mol. The summed E-state index contributed by atoms with van der Waals surface area (Å²) < 4.78 is 37.5. The lowest BCUT2D eigenvalue weighted by atomic mass is 10.0. The molecule has 1 heterocycles. The van der Waals surface area contributed by atoms with Gasteiger partial charge in [-0.15, -0.1) is 0 Å². The number of carboxylic acid groups (broad SMARTS) is 1. The molecule has 73 heavy (non-hydrogen) atoms. The van der Waals surface area contributed by atoms with Crippen molar-refractivity contribution in [3.8, 4) is 0 Å². The minimum atomic E-state index is -1.42. The summed E-state index contributed by atoms with van der Waals surface area (Å²) in [7, 11) is 5.07. The fraction of sp³-hybridized carbons (Fsp3) is 0.286. The van der Waals surface area contributed by atoms with Gasteiger partial charge in [0.05, 0.1) is 59.8 Å². The Morgan fingerprint density at radius 1 is 0.562 bits per heavy atom. The summed E-state index contributed by atoms with van der Waals surface area (Å²) in [5, 5.41) is 15.4. The number of ether oxygens (including phenoxy) is 8. The second kappa shape index (κ2) is 31.0. The molecule has 5 rings (SSSR count). The highest BCUT2D eigenvalue weighted by Gasteiger charge is 2.47. The number of carbonyl (C=O) groups excluding carboxylic acids is 10. The highest BCUT2D eigenvalue weighted by atomic mass is 16.6. The second-order valence-corrected chi connectivity index (χ2v) is 14.8. The van der Waals surface area contributed by atoms with Crippen LogP contribution in [0.4, 0.5) is 21.0 Å². The minimum absolute atomic E-state index is 0.0282. The van der Waals surface area contributed by atoms with Crippen LogP contribution < -0.4 is 16.0 Å². The van der Waals surface area contributed by atoms with Gasteiger partial charge in [-0.25, -0.2) is 28.8 Å². The standard InChI is InChI=1S/C20H18N2O7.C16H19NO8.C13H13NO5/c23-17-15(21-19(25)27-11-13-7-3-1-4-8-13)16(18(24)29-17)22-20(26)28-12-14-9-5-2-6-10-14;1-23-15(21)6-10-3-11(7-16(22)24-2)5-12(4-10)17-13(18)8-25-9-14(19)20;1-18-12(16)6-9-3-10(7-13(17)19-2)5-11(4-9)14-8-15/h1-10,15-16H,11-12H2,(H,21,25)(H,22,26);3-5H,6-9H2,1-2H3,(H,17,18)(H,19,20);3-5H,6-7H2,1-2H3. The Bertz CT molecular complexity index is 2490. The quantitative estimate of drug-likeness (QED) is 0.0325. The third-order valence-corrected chi connectivity index (χ3v) is 9.33. The third kappa shape index (κ3) is 22.3. The van der Waals surface area contributed by atoms with Crippen molar-refractivity contribution in [2.45, 2.75) is 51.0 Å².